The molecule has 0 N–H and O–H groups in total. The van der Waals surface area contributed by atoms with Gasteiger partial charge in [-0.05, 0) is 18.4 Å². The summed E-state index contributed by atoms with van der Waals surface area (Å²) in [7, 11) is 0. The van der Waals surface area contributed by atoms with Crippen LogP contribution < -0.4 is 0 Å². The monoisotopic (exact) mass is 206 g/mol. The Labute approximate surface area is 91.2 Å². The first-order valence-electron chi connectivity index (χ1n) is 5.72. The van der Waals surface area contributed by atoms with E-state index in [1.807, 2.05) is 0 Å². The van der Waals surface area contributed by atoms with Crippen molar-refractivity contribution in [2.45, 2.75) is 32.5 Å². The van der Waals surface area contributed by atoms with Gasteiger partial charge >= 0.3 is 0 Å². The van der Waals surface area contributed by atoms with Gasteiger partial charge in [0, 0.05) is 5.56 Å². The van der Waals surface area contributed by atoms with Crippen LogP contribution in [0.3, 0.4) is 0 Å². The van der Waals surface area contributed by atoms with Crippen LogP contribution in [0.2, 0.25) is 0 Å². The Hall–Kier alpha value is -0.860. The molecule has 0 unspecified atom stereocenters. The molecule has 1 aliphatic heterocycles. The zero-order valence-electron chi connectivity index (χ0n) is 9.24. The Balaban J connectivity index is 1.96. The van der Waals surface area contributed by atoms with Crippen LogP contribution in [0.25, 0.3) is 0 Å². The highest BCUT2D eigenvalue weighted by atomic mass is 16.7. The molecule has 1 saturated heterocycles. The molecule has 1 fully saturated rings. The summed E-state index contributed by atoms with van der Waals surface area (Å²) < 4.78 is 10.9. The molecule has 0 bridgehead atoms. The molecular weight excluding hydrogens is 188 g/mol. The van der Waals surface area contributed by atoms with E-state index in [-0.39, 0.29) is 6.29 Å². The zero-order valence-corrected chi connectivity index (χ0v) is 9.24. The van der Waals surface area contributed by atoms with Crippen LogP contribution in [0.4, 0.5) is 0 Å². The van der Waals surface area contributed by atoms with E-state index < -0.39 is 0 Å². The number of benzene rings is 1. The second-order valence-corrected chi connectivity index (χ2v) is 3.92. The van der Waals surface area contributed by atoms with Crippen LogP contribution in [0, 0.1) is 0 Å². The van der Waals surface area contributed by atoms with E-state index in [9.17, 15) is 0 Å². The summed E-state index contributed by atoms with van der Waals surface area (Å²) in [6.07, 6.45) is 3.54. The molecule has 0 radical (unpaired) electrons. The average Bonchev–Trinajstić information content (AvgIpc) is 2.80. The lowest BCUT2D eigenvalue weighted by molar-refractivity contribution is -0.0441. The summed E-state index contributed by atoms with van der Waals surface area (Å²) in [5, 5.41) is 0. The maximum atomic E-state index is 5.44. The third-order valence-corrected chi connectivity index (χ3v) is 2.69. The van der Waals surface area contributed by atoms with Gasteiger partial charge in [0.1, 0.15) is 0 Å². The highest BCUT2D eigenvalue weighted by molar-refractivity contribution is 5.23. The van der Waals surface area contributed by atoms with Gasteiger partial charge in [-0.1, -0.05) is 37.6 Å². The predicted molar refractivity (Wildman–Crippen MR) is 59.7 cm³/mol. The van der Waals surface area contributed by atoms with Crippen LogP contribution in [0.15, 0.2) is 24.3 Å². The van der Waals surface area contributed by atoms with E-state index in [2.05, 4.69) is 31.2 Å². The number of rotatable bonds is 4. The van der Waals surface area contributed by atoms with Crippen LogP contribution in [0.1, 0.15) is 37.2 Å². The molecule has 0 spiro atoms. The molecule has 1 heterocycles. The molecule has 0 aliphatic carbocycles. The van der Waals surface area contributed by atoms with Crippen LogP contribution >= 0.6 is 0 Å². The Kier molecular flexibility index (Phi) is 3.75. The molecule has 0 amide bonds. The molecular formula is C13H18O2. The first kappa shape index (κ1) is 10.7. The lowest BCUT2D eigenvalue weighted by atomic mass is 10.1. The second-order valence-electron chi connectivity index (χ2n) is 3.92. The summed E-state index contributed by atoms with van der Waals surface area (Å²) in [6.45, 7) is 3.64. The average molecular weight is 206 g/mol. The van der Waals surface area contributed by atoms with E-state index in [1.54, 1.807) is 0 Å². The number of hydrogen-bond donors (Lipinski definition) is 0. The van der Waals surface area contributed by atoms with Crippen LogP contribution in [0.5, 0.6) is 0 Å². The lowest BCUT2D eigenvalue weighted by Gasteiger charge is -2.09. The second kappa shape index (κ2) is 5.29. The van der Waals surface area contributed by atoms with Gasteiger partial charge in [-0.15, -0.1) is 0 Å². The summed E-state index contributed by atoms with van der Waals surface area (Å²) in [5.74, 6) is 0. The van der Waals surface area contributed by atoms with Crippen molar-refractivity contribution >= 4 is 0 Å². The van der Waals surface area contributed by atoms with Crippen molar-refractivity contribution in [3.63, 3.8) is 0 Å². The van der Waals surface area contributed by atoms with Gasteiger partial charge < -0.3 is 9.47 Å². The summed E-state index contributed by atoms with van der Waals surface area (Å²) in [6, 6.07) is 8.58. The lowest BCUT2D eigenvalue weighted by Crippen LogP contribution is -1.97. The molecule has 0 saturated carbocycles. The minimum absolute atomic E-state index is 0.134. The zero-order chi connectivity index (χ0) is 10.5. The van der Waals surface area contributed by atoms with Gasteiger partial charge in [-0.25, -0.2) is 0 Å². The minimum Gasteiger partial charge on any atom is -0.346 e. The first-order chi connectivity index (χ1) is 7.40. The molecule has 82 valence electrons. The molecule has 0 atom stereocenters. The first-order valence-corrected chi connectivity index (χ1v) is 5.72. The fraction of sp³-hybridized carbons (Fsp3) is 0.538. The number of ether oxygens (including phenoxy) is 2. The third-order valence-electron chi connectivity index (χ3n) is 2.69. The van der Waals surface area contributed by atoms with Crippen molar-refractivity contribution in [2.75, 3.05) is 13.2 Å². The van der Waals surface area contributed by atoms with Crippen molar-refractivity contribution in [3.05, 3.63) is 35.4 Å². The predicted octanol–water partition coefficient (Wildman–Crippen LogP) is 3.07. The number of hydrogen-bond acceptors (Lipinski definition) is 2. The van der Waals surface area contributed by atoms with E-state index in [0.717, 1.165) is 5.56 Å². The number of unbranched alkanes of at least 4 members (excludes halogenated alkanes) is 1. The Morgan fingerprint density at radius 3 is 2.40 bits per heavy atom. The SMILES string of the molecule is CCCCc1ccc(C2OCCO2)cc1. The van der Waals surface area contributed by atoms with Gasteiger partial charge in [0.15, 0.2) is 6.29 Å². The smallest absolute Gasteiger partial charge is 0.184 e. The summed E-state index contributed by atoms with van der Waals surface area (Å²) >= 11 is 0. The van der Waals surface area contributed by atoms with Crippen molar-refractivity contribution < 1.29 is 9.47 Å². The number of aryl methyl sites for hydroxylation is 1. The molecule has 15 heavy (non-hydrogen) atoms. The molecule has 2 rings (SSSR count). The largest absolute Gasteiger partial charge is 0.346 e. The highest BCUT2D eigenvalue weighted by Gasteiger charge is 2.17. The molecule has 0 aromatic heterocycles. The maximum Gasteiger partial charge on any atom is 0.184 e. The molecule has 2 nitrogen and oxygen atoms in total. The standard InChI is InChI=1S/C13H18O2/c1-2-3-4-11-5-7-12(8-6-11)13-14-9-10-15-13/h5-8,13H,2-4,9-10H2,1H3. The molecule has 1 aromatic carbocycles. The fourth-order valence-corrected chi connectivity index (χ4v) is 1.77. The van der Waals surface area contributed by atoms with Gasteiger partial charge in [-0.3, -0.25) is 0 Å². The van der Waals surface area contributed by atoms with E-state index in [4.69, 9.17) is 9.47 Å². The van der Waals surface area contributed by atoms with Gasteiger partial charge in [-0.2, -0.15) is 0 Å². The van der Waals surface area contributed by atoms with E-state index in [0.29, 0.717) is 13.2 Å². The van der Waals surface area contributed by atoms with E-state index in [1.165, 1.54) is 24.8 Å². The summed E-state index contributed by atoms with van der Waals surface area (Å²) in [4.78, 5) is 0. The minimum atomic E-state index is -0.134. The molecule has 1 aromatic rings. The van der Waals surface area contributed by atoms with E-state index >= 15 is 0 Å². The Bertz CT molecular complexity index is 286. The third kappa shape index (κ3) is 2.80. The Morgan fingerprint density at radius 1 is 1.13 bits per heavy atom. The molecule has 2 heteroatoms. The maximum absolute atomic E-state index is 5.44. The summed E-state index contributed by atoms with van der Waals surface area (Å²) in [5.41, 5.74) is 2.53. The topological polar surface area (TPSA) is 18.5 Å². The van der Waals surface area contributed by atoms with Crippen LogP contribution in [-0.4, -0.2) is 13.2 Å². The quantitative estimate of drug-likeness (QED) is 0.753. The molecule has 1 aliphatic rings. The van der Waals surface area contributed by atoms with Crippen LogP contribution in [-0.2, 0) is 15.9 Å². The van der Waals surface area contributed by atoms with Crippen molar-refractivity contribution in [2.24, 2.45) is 0 Å². The normalized spacial score (nSPS) is 17.1. The fourth-order valence-electron chi connectivity index (χ4n) is 1.77. The van der Waals surface area contributed by atoms with Crippen molar-refractivity contribution in [3.8, 4) is 0 Å². The van der Waals surface area contributed by atoms with Gasteiger partial charge in [0.25, 0.3) is 0 Å². The van der Waals surface area contributed by atoms with Gasteiger partial charge in [0.05, 0.1) is 13.2 Å². The van der Waals surface area contributed by atoms with Crippen molar-refractivity contribution in [1.29, 1.82) is 0 Å². The Morgan fingerprint density at radius 2 is 1.80 bits per heavy atom. The van der Waals surface area contributed by atoms with Crippen molar-refractivity contribution in [1.82, 2.24) is 0 Å². The highest BCUT2D eigenvalue weighted by Crippen LogP contribution is 2.23. The van der Waals surface area contributed by atoms with Gasteiger partial charge in [0.2, 0.25) is 0 Å².